The Labute approximate surface area is 129 Å². The highest BCUT2D eigenvalue weighted by Crippen LogP contribution is 2.19. The number of piperidine rings is 1. The molecule has 1 saturated heterocycles. The SMILES string of the molecule is CCOC(=O)[C@H]1CCCN(C(=O)COc2ccccc2F)C1. The molecule has 0 unspecified atom stereocenters. The number of benzene rings is 1. The molecule has 1 aromatic carbocycles. The molecule has 1 fully saturated rings. The number of carbonyl (C=O) groups excluding carboxylic acids is 2. The van der Waals surface area contributed by atoms with Gasteiger partial charge in [-0.1, -0.05) is 12.1 Å². The van der Waals surface area contributed by atoms with Gasteiger partial charge in [-0.25, -0.2) is 4.39 Å². The molecule has 6 heteroatoms. The van der Waals surface area contributed by atoms with Crippen molar-refractivity contribution in [3.05, 3.63) is 30.1 Å². The molecule has 120 valence electrons. The number of hydrogen-bond donors (Lipinski definition) is 0. The second-order valence-corrected chi connectivity index (χ2v) is 5.15. The fourth-order valence-corrected chi connectivity index (χ4v) is 2.45. The van der Waals surface area contributed by atoms with E-state index in [4.69, 9.17) is 9.47 Å². The van der Waals surface area contributed by atoms with Crippen molar-refractivity contribution in [3.63, 3.8) is 0 Å². The van der Waals surface area contributed by atoms with Gasteiger partial charge in [-0.15, -0.1) is 0 Å². The van der Waals surface area contributed by atoms with Crippen molar-refractivity contribution < 1.29 is 23.5 Å². The Bertz CT molecular complexity index is 535. The van der Waals surface area contributed by atoms with E-state index in [9.17, 15) is 14.0 Å². The number of ether oxygens (including phenoxy) is 2. The summed E-state index contributed by atoms with van der Waals surface area (Å²) in [7, 11) is 0. The van der Waals surface area contributed by atoms with Gasteiger partial charge in [-0.3, -0.25) is 9.59 Å². The zero-order valence-corrected chi connectivity index (χ0v) is 12.6. The van der Waals surface area contributed by atoms with Crippen molar-refractivity contribution in [1.29, 1.82) is 0 Å². The second-order valence-electron chi connectivity index (χ2n) is 5.15. The lowest BCUT2D eigenvalue weighted by molar-refractivity contribution is -0.151. The summed E-state index contributed by atoms with van der Waals surface area (Å²) in [6.07, 6.45) is 1.46. The van der Waals surface area contributed by atoms with E-state index in [2.05, 4.69) is 0 Å². The van der Waals surface area contributed by atoms with Crippen molar-refractivity contribution in [2.75, 3.05) is 26.3 Å². The highest BCUT2D eigenvalue weighted by molar-refractivity contribution is 5.79. The van der Waals surface area contributed by atoms with Crippen molar-refractivity contribution in [3.8, 4) is 5.75 Å². The highest BCUT2D eigenvalue weighted by Gasteiger charge is 2.29. The van der Waals surface area contributed by atoms with Crippen LogP contribution in [0, 0.1) is 11.7 Å². The van der Waals surface area contributed by atoms with Gasteiger partial charge >= 0.3 is 5.97 Å². The van der Waals surface area contributed by atoms with Crippen molar-refractivity contribution in [1.82, 2.24) is 4.90 Å². The fraction of sp³-hybridized carbons (Fsp3) is 0.500. The van der Waals surface area contributed by atoms with Crippen LogP contribution in [0.4, 0.5) is 4.39 Å². The number of nitrogens with zero attached hydrogens (tertiary/aromatic N) is 1. The monoisotopic (exact) mass is 309 g/mol. The maximum Gasteiger partial charge on any atom is 0.310 e. The quantitative estimate of drug-likeness (QED) is 0.781. The zero-order chi connectivity index (χ0) is 15.9. The number of hydrogen-bond acceptors (Lipinski definition) is 4. The Morgan fingerprint density at radius 1 is 1.36 bits per heavy atom. The van der Waals surface area contributed by atoms with Crippen LogP contribution in [0.3, 0.4) is 0 Å². The first-order valence-electron chi connectivity index (χ1n) is 7.43. The molecule has 0 radical (unpaired) electrons. The second kappa shape index (κ2) is 7.77. The van der Waals surface area contributed by atoms with E-state index in [0.29, 0.717) is 19.7 Å². The lowest BCUT2D eigenvalue weighted by atomic mass is 9.98. The number of amides is 1. The van der Waals surface area contributed by atoms with Crippen molar-refractivity contribution in [2.45, 2.75) is 19.8 Å². The molecular weight excluding hydrogens is 289 g/mol. The summed E-state index contributed by atoms with van der Waals surface area (Å²) in [4.78, 5) is 25.5. The van der Waals surface area contributed by atoms with E-state index >= 15 is 0 Å². The summed E-state index contributed by atoms with van der Waals surface area (Å²) in [5, 5.41) is 0. The van der Waals surface area contributed by atoms with Crippen LogP contribution >= 0.6 is 0 Å². The first-order valence-corrected chi connectivity index (χ1v) is 7.43. The van der Waals surface area contributed by atoms with E-state index < -0.39 is 5.82 Å². The lowest BCUT2D eigenvalue weighted by Crippen LogP contribution is -2.44. The number of rotatable bonds is 5. The van der Waals surface area contributed by atoms with Crippen LogP contribution in [-0.4, -0.2) is 43.1 Å². The van der Waals surface area contributed by atoms with E-state index in [1.165, 1.54) is 12.1 Å². The summed E-state index contributed by atoms with van der Waals surface area (Å²) in [5.41, 5.74) is 0. The average Bonchev–Trinajstić information content (AvgIpc) is 2.54. The maximum absolute atomic E-state index is 13.4. The predicted octanol–water partition coefficient (Wildman–Crippen LogP) is 2.01. The standard InChI is InChI=1S/C16H20FNO4/c1-2-21-16(20)12-6-5-9-18(10-12)15(19)11-22-14-8-4-3-7-13(14)17/h3-4,7-8,12H,2,5-6,9-11H2,1H3/t12-/m0/s1. The minimum Gasteiger partial charge on any atom is -0.481 e. The minimum absolute atomic E-state index is 0.0507. The molecule has 1 aromatic rings. The van der Waals surface area contributed by atoms with Gasteiger partial charge < -0.3 is 14.4 Å². The van der Waals surface area contributed by atoms with Crippen LogP contribution in [0.15, 0.2) is 24.3 Å². The van der Waals surface area contributed by atoms with Crippen LogP contribution in [0.2, 0.25) is 0 Å². The summed E-state index contributed by atoms with van der Waals surface area (Å²) < 4.78 is 23.6. The largest absolute Gasteiger partial charge is 0.481 e. The van der Waals surface area contributed by atoms with Crippen LogP contribution in [0.25, 0.3) is 0 Å². The molecule has 0 aromatic heterocycles. The van der Waals surface area contributed by atoms with Crippen LogP contribution in [0.5, 0.6) is 5.75 Å². The van der Waals surface area contributed by atoms with Gasteiger partial charge in [-0.2, -0.15) is 0 Å². The summed E-state index contributed by atoms with van der Waals surface area (Å²) >= 11 is 0. The molecule has 0 N–H and O–H groups in total. The summed E-state index contributed by atoms with van der Waals surface area (Å²) in [6, 6.07) is 5.94. The molecule has 1 amide bonds. The van der Waals surface area contributed by atoms with Gasteiger partial charge in [0.25, 0.3) is 5.91 Å². The number of carbonyl (C=O) groups is 2. The Balaban J connectivity index is 1.87. The third-order valence-electron chi connectivity index (χ3n) is 3.58. The van der Waals surface area contributed by atoms with E-state index in [1.54, 1.807) is 24.0 Å². The Kier molecular flexibility index (Phi) is 5.75. The number of halogens is 1. The summed E-state index contributed by atoms with van der Waals surface area (Å²) in [5.74, 6) is -1.26. The average molecular weight is 309 g/mol. The molecule has 1 heterocycles. The van der Waals surface area contributed by atoms with Gasteiger partial charge in [-0.05, 0) is 31.9 Å². The smallest absolute Gasteiger partial charge is 0.310 e. The molecular formula is C16H20FNO4. The molecule has 0 aliphatic carbocycles. The molecule has 1 aliphatic rings. The third-order valence-corrected chi connectivity index (χ3v) is 3.58. The van der Waals surface area contributed by atoms with E-state index in [-0.39, 0.29) is 30.2 Å². The van der Waals surface area contributed by atoms with Crippen LogP contribution < -0.4 is 4.74 Å². The molecule has 22 heavy (non-hydrogen) atoms. The lowest BCUT2D eigenvalue weighted by Gasteiger charge is -2.31. The number of para-hydroxylation sites is 1. The maximum atomic E-state index is 13.4. The van der Waals surface area contributed by atoms with Crippen LogP contribution in [0.1, 0.15) is 19.8 Å². The number of esters is 1. The zero-order valence-electron chi connectivity index (χ0n) is 12.6. The van der Waals surface area contributed by atoms with Crippen molar-refractivity contribution in [2.24, 2.45) is 5.92 Å². The fourth-order valence-electron chi connectivity index (χ4n) is 2.45. The third kappa shape index (κ3) is 4.19. The van der Waals surface area contributed by atoms with Gasteiger partial charge in [0, 0.05) is 13.1 Å². The first kappa shape index (κ1) is 16.3. The molecule has 0 saturated carbocycles. The molecule has 2 rings (SSSR count). The predicted molar refractivity (Wildman–Crippen MR) is 77.8 cm³/mol. The van der Waals surface area contributed by atoms with Gasteiger partial charge in [0.15, 0.2) is 18.2 Å². The van der Waals surface area contributed by atoms with Crippen molar-refractivity contribution >= 4 is 11.9 Å². The van der Waals surface area contributed by atoms with Gasteiger partial charge in [0.1, 0.15) is 0 Å². The Hall–Kier alpha value is -2.11. The van der Waals surface area contributed by atoms with Gasteiger partial charge in [0.05, 0.1) is 12.5 Å². The molecule has 0 bridgehead atoms. The normalized spacial score (nSPS) is 17.9. The number of likely N-dealkylation sites (tertiary alicyclic amines) is 1. The highest BCUT2D eigenvalue weighted by atomic mass is 19.1. The molecule has 1 atom stereocenters. The van der Waals surface area contributed by atoms with Gasteiger partial charge in [0.2, 0.25) is 0 Å². The van der Waals surface area contributed by atoms with Crippen LogP contribution in [-0.2, 0) is 14.3 Å². The van der Waals surface area contributed by atoms with E-state index in [0.717, 1.165) is 12.8 Å². The topological polar surface area (TPSA) is 55.8 Å². The Morgan fingerprint density at radius 2 is 2.14 bits per heavy atom. The Morgan fingerprint density at radius 3 is 2.86 bits per heavy atom. The molecule has 5 nitrogen and oxygen atoms in total. The first-order chi connectivity index (χ1) is 10.6. The minimum atomic E-state index is -0.502. The molecule has 0 spiro atoms. The summed E-state index contributed by atoms with van der Waals surface area (Å²) in [6.45, 7) is 2.76. The van der Waals surface area contributed by atoms with E-state index in [1.807, 2.05) is 0 Å². The molecule has 1 aliphatic heterocycles.